The molecule has 0 aromatic rings. The van der Waals surface area contributed by atoms with Gasteiger partial charge < -0.3 is 24.8 Å². The van der Waals surface area contributed by atoms with Crippen LogP contribution in [0, 0.1) is 0 Å². The lowest BCUT2D eigenvalue weighted by atomic mass is 9.87. The molecule has 0 aromatic heterocycles. The maximum absolute atomic E-state index is 10.1. The largest absolute Gasteiger partial charge is 0.394 e. The number of hydrogen-bond acceptors (Lipinski definition) is 5. The van der Waals surface area contributed by atoms with Gasteiger partial charge in [0.25, 0.3) is 0 Å². The van der Waals surface area contributed by atoms with Crippen LogP contribution in [-0.4, -0.2) is 59.1 Å². The Morgan fingerprint density at radius 3 is 1.93 bits per heavy atom. The summed E-state index contributed by atoms with van der Waals surface area (Å²) < 4.78 is 10.0. The Morgan fingerprint density at radius 1 is 1.21 bits per heavy atom. The fourth-order valence-electron chi connectivity index (χ4n) is 1.69. The molecule has 2 aliphatic heterocycles. The molecule has 3 N–H and O–H groups in total. The van der Waals surface area contributed by atoms with Gasteiger partial charge in [-0.05, 0) is 0 Å². The molecule has 5 heteroatoms. The van der Waals surface area contributed by atoms with E-state index in [-0.39, 0.29) is 12.2 Å². The summed E-state index contributed by atoms with van der Waals surface area (Å²) in [6.07, 6.45) is -0.320. The first kappa shape index (κ1) is 10.3. The molecule has 3 unspecified atom stereocenters. The molecule has 2 fully saturated rings. The van der Waals surface area contributed by atoms with Gasteiger partial charge in [-0.2, -0.15) is 0 Å². The maximum atomic E-state index is 10.1. The zero-order valence-electron chi connectivity index (χ0n) is 7.93. The Labute approximate surface area is 82.3 Å². The molecule has 2 saturated heterocycles. The van der Waals surface area contributed by atoms with Crippen LogP contribution >= 0.6 is 0 Å². The second-order valence-corrected chi connectivity index (χ2v) is 4.12. The topological polar surface area (TPSA) is 85.8 Å². The second-order valence-electron chi connectivity index (χ2n) is 4.12. The minimum absolute atomic E-state index is 0.0277. The highest BCUT2D eigenvalue weighted by Crippen LogP contribution is 2.33. The van der Waals surface area contributed by atoms with E-state index in [1.807, 2.05) is 0 Å². The van der Waals surface area contributed by atoms with Gasteiger partial charge in [-0.1, -0.05) is 0 Å². The predicted molar refractivity (Wildman–Crippen MR) is 46.8 cm³/mol. The van der Waals surface area contributed by atoms with Crippen LogP contribution in [0.2, 0.25) is 0 Å². The van der Waals surface area contributed by atoms with Crippen molar-refractivity contribution in [1.82, 2.24) is 0 Å². The molecule has 2 rings (SSSR count). The summed E-state index contributed by atoms with van der Waals surface area (Å²) in [7, 11) is 0. The SMILES string of the molecule is OCC(O)C(O)(CC1CO1)CC1CO1. The fraction of sp³-hybridized carbons (Fsp3) is 1.00. The van der Waals surface area contributed by atoms with E-state index >= 15 is 0 Å². The summed E-state index contributed by atoms with van der Waals surface area (Å²) in [5.41, 5.74) is -1.27. The zero-order valence-corrected chi connectivity index (χ0v) is 7.93. The van der Waals surface area contributed by atoms with E-state index in [0.29, 0.717) is 26.1 Å². The van der Waals surface area contributed by atoms with Crippen molar-refractivity contribution in [1.29, 1.82) is 0 Å². The first-order valence-electron chi connectivity index (χ1n) is 4.88. The third-order valence-electron chi connectivity index (χ3n) is 2.76. The summed E-state index contributed by atoms with van der Waals surface area (Å²) in [5, 5.41) is 28.5. The highest BCUT2D eigenvalue weighted by atomic mass is 16.6. The smallest absolute Gasteiger partial charge is 0.106 e. The molecule has 2 heterocycles. The van der Waals surface area contributed by atoms with Crippen LogP contribution in [0.3, 0.4) is 0 Å². The minimum atomic E-state index is -1.27. The van der Waals surface area contributed by atoms with E-state index in [1.54, 1.807) is 0 Å². The van der Waals surface area contributed by atoms with Gasteiger partial charge >= 0.3 is 0 Å². The highest BCUT2D eigenvalue weighted by molar-refractivity contribution is 4.95. The van der Waals surface area contributed by atoms with Crippen LogP contribution in [0.5, 0.6) is 0 Å². The maximum Gasteiger partial charge on any atom is 0.106 e. The Morgan fingerprint density at radius 2 is 1.64 bits per heavy atom. The molecular formula is C9H16O5. The molecule has 3 atom stereocenters. The van der Waals surface area contributed by atoms with Crippen LogP contribution in [0.4, 0.5) is 0 Å². The van der Waals surface area contributed by atoms with Crippen molar-refractivity contribution in [2.24, 2.45) is 0 Å². The molecule has 0 saturated carbocycles. The molecule has 0 spiro atoms. The van der Waals surface area contributed by atoms with Crippen molar-refractivity contribution in [2.75, 3.05) is 19.8 Å². The normalized spacial score (nSPS) is 36.2. The molecule has 5 nitrogen and oxygen atoms in total. The lowest BCUT2D eigenvalue weighted by Crippen LogP contribution is -2.46. The number of aliphatic hydroxyl groups is 3. The van der Waals surface area contributed by atoms with E-state index in [0.717, 1.165) is 0 Å². The van der Waals surface area contributed by atoms with Gasteiger partial charge in [-0.3, -0.25) is 0 Å². The summed E-state index contributed by atoms with van der Waals surface area (Å²) >= 11 is 0. The zero-order chi connectivity index (χ0) is 10.2. The number of ether oxygens (including phenoxy) is 2. The van der Waals surface area contributed by atoms with Crippen molar-refractivity contribution in [3.05, 3.63) is 0 Å². The van der Waals surface area contributed by atoms with Gasteiger partial charge in [0, 0.05) is 12.8 Å². The van der Waals surface area contributed by atoms with Crippen molar-refractivity contribution < 1.29 is 24.8 Å². The molecule has 2 aliphatic rings. The minimum Gasteiger partial charge on any atom is -0.394 e. The summed E-state index contributed by atoms with van der Waals surface area (Å²) in [6.45, 7) is 0.827. The lowest BCUT2D eigenvalue weighted by molar-refractivity contribution is -0.109. The van der Waals surface area contributed by atoms with E-state index in [4.69, 9.17) is 14.6 Å². The Bertz CT molecular complexity index is 185. The van der Waals surface area contributed by atoms with Crippen molar-refractivity contribution in [2.45, 2.75) is 36.8 Å². The molecule has 0 aliphatic carbocycles. The number of aliphatic hydroxyl groups excluding tert-OH is 2. The number of epoxide rings is 2. The molecular weight excluding hydrogens is 188 g/mol. The van der Waals surface area contributed by atoms with E-state index in [2.05, 4.69) is 0 Å². The van der Waals surface area contributed by atoms with Crippen molar-refractivity contribution >= 4 is 0 Å². The Balaban J connectivity index is 1.92. The number of hydrogen-bond donors (Lipinski definition) is 3. The molecule has 14 heavy (non-hydrogen) atoms. The number of rotatable bonds is 6. The monoisotopic (exact) mass is 204 g/mol. The van der Waals surface area contributed by atoms with Crippen LogP contribution in [0.1, 0.15) is 12.8 Å². The van der Waals surface area contributed by atoms with E-state index in [1.165, 1.54) is 0 Å². The summed E-state index contributed by atoms with van der Waals surface area (Å²) in [5.74, 6) is 0. The van der Waals surface area contributed by atoms with Crippen LogP contribution < -0.4 is 0 Å². The molecule has 82 valence electrons. The second kappa shape index (κ2) is 3.75. The first-order chi connectivity index (χ1) is 6.64. The Kier molecular flexibility index (Phi) is 2.77. The van der Waals surface area contributed by atoms with Gasteiger partial charge in [0.2, 0.25) is 0 Å². The van der Waals surface area contributed by atoms with E-state index in [9.17, 15) is 10.2 Å². The van der Waals surface area contributed by atoms with E-state index < -0.39 is 18.3 Å². The third kappa shape index (κ3) is 2.43. The summed E-state index contributed by atoms with van der Waals surface area (Å²) in [4.78, 5) is 0. The fourth-order valence-corrected chi connectivity index (χ4v) is 1.69. The standard InChI is InChI=1S/C9H16O5/c10-3-8(11)9(12,1-6-4-13-6)2-7-5-14-7/h6-8,10-12H,1-5H2. The van der Waals surface area contributed by atoms with Crippen LogP contribution in [-0.2, 0) is 9.47 Å². The van der Waals surface area contributed by atoms with Gasteiger partial charge in [0.15, 0.2) is 0 Å². The van der Waals surface area contributed by atoms with Gasteiger partial charge in [-0.25, -0.2) is 0 Å². The predicted octanol–water partition coefficient (Wildman–Crippen LogP) is -1.35. The molecule has 0 aromatic carbocycles. The quantitative estimate of drug-likeness (QED) is 0.466. The average Bonchev–Trinajstić information content (AvgIpc) is 2.99. The lowest BCUT2D eigenvalue weighted by Gasteiger charge is -2.31. The molecule has 0 radical (unpaired) electrons. The molecule has 0 amide bonds. The average molecular weight is 204 g/mol. The first-order valence-corrected chi connectivity index (χ1v) is 4.88. The third-order valence-corrected chi connectivity index (χ3v) is 2.76. The highest BCUT2D eigenvalue weighted by Gasteiger charge is 2.45. The summed E-state index contributed by atoms with van der Waals surface area (Å²) in [6, 6.07) is 0. The van der Waals surface area contributed by atoms with Gasteiger partial charge in [0.05, 0.1) is 37.6 Å². The van der Waals surface area contributed by atoms with Crippen LogP contribution in [0.25, 0.3) is 0 Å². The van der Waals surface area contributed by atoms with Crippen molar-refractivity contribution in [3.63, 3.8) is 0 Å². The van der Waals surface area contributed by atoms with Gasteiger partial charge in [-0.15, -0.1) is 0 Å². The van der Waals surface area contributed by atoms with Crippen molar-refractivity contribution in [3.8, 4) is 0 Å². The van der Waals surface area contributed by atoms with Gasteiger partial charge in [0.1, 0.15) is 6.10 Å². The van der Waals surface area contributed by atoms with Crippen LogP contribution in [0.15, 0.2) is 0 Å². The Hall–Kier alpha value is -0.200. The molecule has 0 bridgehead atoms.